The minimum atomic E-state index is 0.393. The lowest BCUT2D eigenvalue weighted by Gasteiger charge is -2.44. The largest absolute Gasteiger partial charge is 0.363 e. The highest BCUT2D eigenvalue weighted by Gasteiger charge is 2.35. The van der Waals surface area contributed by atoms with Gasteiger partial charge in [-0.15, -0.1) is 0 Å². The molecule has 1 saturated heterocycles. The highest BCUT2D eigenvalue weighted by Crippen LogP contribution is 2.35. The van der Waals surface area contributed by atoms with Crippen molar-refractivity contribution in [1.82, 2.24) is 15.5 Å². The molecule has 1 heterocycles. The Balaban J connectivity index is 1.28. The summed E-state index contributed by atoms with van der Waals surface area (Å²) in [6.45, 7) is 1.87. The molecule has 2 N–H and O–H groups in total. The Morgan fingerprint density at radius 3 is 2.50 bits per heavy atom. The molecule has 0 aromatic rings. The minimum Gasteiger partial charge on any atom is -0.363 e. The maximum Gasteiger partial charge on any atom is 0.222 e. The molecule has 4 nitrogen and oxygen atoms in total. The molecule has 0 bridgehead atoms. The number of thiocarbonyl (C=S) groups is 1. The number of hydrogen-bond donors (Lipinski definition) is 2. The molecule has 1 aliphatic heterocycles. The molecule has 2 unspecified atom stereocenters. The van der Waals surface area contributed by atoms with Crippen LogP contribution in [0, 0.1) is 5.92 Å². The highest BCUT2D eigenvalue weighted by atomic mass is 32.1. The summed E-state index contributed by atoms with van der Waals surface area (Å²) < 4.78 is 0. The van der Waals surface area contributed by atoms with Crippen LogP contribution in [0.3, 0.4) is 0 Å². The molecule has 3 fully saturated rings. The number of likely N-dealkylation sites (tertiary alicyclic amines) is 1. The number of carbonyl (C=O) groups excluding carboxylic acids is 1. The predicted octanol–water partition coefficient (Wildman–Crippen LogP) is 4.13. The molecule has 0 aromatic heterocycles. The van der Waals surface area contributed by atoms with Crippen molar-refractivity contribution in [1.29, 1.82) is 0 Å². The zero-order chi connectivity index (χ0) is 18.2. The van der Waals surface area contributed by atoms with Gasteiger partial charge in [-0.1, -0.05) is 32.1 Å². The summed E-state index contributed by atoms with van der Waals surface area (Å²) in [5.41, 5.74) is 0. The maximum absolute atomic E-state index is 12.7. The average Bonchev–Trinajstić information content (AvgIpc) is 2.68. The molecule has 3 rings (SSSR count). The summed E-state index contributed by atoms with van der Waals surface area (Å²) in [7, 11) is 0. The molecular weight excluding hydrogens is 342 g/mol. The van der Waals surface area contributed by atoms with Gasteiger partial charge in [0.2, 0.25) is 5.91 Å². The molecule has 5 heteroatoms. The van der Waals surface area contributed by atoms with E-state index in [1.807, 2.05) is 0 Å². The van der Waals surface area contributed by atoms with Crippen molar-refractivity contribution in [3.63, 3.8) is 0 Å². The number of piperidine rings is 1. The van der Waals surface area contributed by atoms with E-state index >= 15 is 0 Å². The quantitative estimate of drug-likeness (QED) is 0.538. The molecule has 0 aromatic carbocycles. The van der Waals surface area contributed by atoms with Gasteiger partial charge in [-0.05, 0) is 69.5 Å². The first kappa shape index (κ1) is 19.9. The summed E-state index contributed by atoms with van der Waals surface area (Å²) in [4.78, 5) is 14.9. The third-order valence-electron chi connectivity index (χ3n) is 6.61. The molecule has 2 saturated carbocycles. The lowest BCUT2D eigenvalue weighted by molar-refractivity contribution is -0.137. The molecular formula is C21H37N3OS. The maximum atomic E-state index is 12.7. The Hall–Kier alpha value is -0.840. The third-order valence-corrected chi connectivity index (χ3v) is 6.87. The third kappa shape index (κ3) is 5.83. The van der Waals surface area contributed by atoms with E-state index in [2.05, 4.69) is 15.5 Å². The number of carbonyl (C=O) groups is 1. The van der Waals surface area contributed by atoms with E-state index in [1.54, 1.807) is 0 Å². The molecule has 0 radical (unpaired) electrons. The molecule has 26 heavy (non-hydrogen) atoms. The lowest BCUT2D eigenvalue weighted by atomic mass is 9.78. The first-order chi connectivity index (χ1) is 12.7. The van der Waals surface area contributed by atoms with E-state index in [0.29, 0.717) is 24.4 Å². The average molecular weight is 380 g/mol. The fourth-order valence-corrected chi connectivity index (χ4v) is 5.43. The highest BCUT2D eigenvalue weighted by molar-refractivity contribution is 7.80. The number of nitrogens with zero attached hydrogens (tertiary/aromatic N) is 1. The van der Waals surface area contributed by atoms with Gasteiger partial charge in [0.1, 0.15) is 0 Å². The molecule has 1 amide bonds. The normalized spacial score (nSPS) is 26.8. The number of hydrogen-bond acceptors (Lipinski definition) is 2. The van der Waals surface area contributed by atoms with Gasteiger partial charge >= 0.3 is 0 Å². The van der Waals surface area contributed by atoms with Gasteiger partial charge in [-0.2, -0.15) is 0 Å². The van der Waals surface area contributed by atoms with Crippen LogP contribution in [0.2, 0.25) is 0 Å². The number of rotatable bonds is 6. The van der Waals surface area contributed by atoms with Gasteiger partial charge in [0.05, 0.1) is 0 Å². The Bertz CT molecular complexity index is 462. The van der Waals surface area contributed by atoms with Gasteiger partial charge in [-0.3, -0.25) is 4.79 Å². The molecule has 148 valence electrons. The van der Waals surface area contributed by atoms with Crippen molar-refractivity contribution in [2.24, 2.45) is 5.92 Å². The second kappa shape index (κ2) is 10.5. The number of nitrogens with one attached hydrogen (secondary N) is 2. The zero-order valence-electron chi connectivity index (χ0n) is 16.3. The van der Waals surface area contributed by atoms with Crippen molar-refractivity contribution in [3.8, 4) is 0 Å². The second-order valence-electron chi connectivity index (χ2n) is 8.53. The summed E-state index contributed by atoms with van der Waals surface area (Å²) in [6, 6.07) is 1.11. The summed E-state index contributed by atoms with van der Waals surface area (Å²) in [5, 5.41) is 7.57. The number of amides is 1. The Morgan fingerprint density at radius 2 is 1.65 bits per heavy atom. The SMILES string of the molecule is O=C(CCCCNC(=S)NC1CCCCC1)N1CCCC2CCCCC21. The van der Waals surface area contributed by atoms with E-state index in [4.69, 9.17) is 12.2 Å². The Morgan fingerprint density at radius 1 is 0.923 bits per heavy atom. The van der Waals surface area contributed by atoms with E-state index < -0.39 is 0 Å². The Labute approximate surface area is 164 Å². The van der Waals surface area contributed by atoms with Crippen LogP contribution in [0.4, 0.5) is 0 Å². The molecule has 0 spiro atoms. The molecule has 2 atom stereocenters. The molecule has 2 aliphatic carbocycles. The van der Waals surface area contributed by atoms with E-state index in [-0.39, 0.29) is 0 Å². The van der Waals surface area contributed by atoms with Gasteiger partial charge < -0.3 is 15.5 Å². The topological polar surface area (TPSA) is 44.4 Å². The van der Waals surface area contributed by atoms with Crippen LogP contribution in [-0.4, -0.2) is 41.1 Å². The van der Waals surface area contributed by atoms with E-state index in [9.17, 15) is 4.79 Å². The lowest BCUT2D eigenvalue weighted by Crippen LogP contribution is -2.49. The van der Waals surface area contributed by atoms with Gasteiger partial charge in [0.25, 0.3) is 0 Å². The van der Waals surface area contributed by atoms with Crippen molar-refractivity contribution in [3.05, 3.63) is 0 Å². The summed E-state index contributed by atoms with van der Waals surface area (Å²) >= 11 is 5.40. The van der Waals surface area contributed by atoms with Crippen LogP contribution < -0.4 is 10.6 Å². The monoisotopic (exact) mass is 379 g/mol. The first-order valence-corrected chi connectivity index (χ1v) is 11.5. The van der Waals surface area contributed by atoms with Gasteiger partial charge in [0, 0.05) is 31.6 Å². The molecule has 3 aliphatic rings. The second-order valence-corrected chi connectivity index (χ2v) is 8.94. The standard InChI is InChI=1S/C21H37N3OS/c25-20(24-16-8-10-17-9-4-5-13-19(17)24)14-6-7-15-22-21(26)23-18-11-2-1-3-12-18/h17-19H,1-16H2,(H2,22,23,26). The summed E-state index contributed by atoms with van der Waals surface area (Å²) in [6.07, 6.45) is 17.0. The smallest absolute Gasteiger partial charge is 0.222 e. The zero-order valence-corrected chi connectivity index (χ0v) is 17.1. The summed E-state index contributed by atoms with van der Waals surface area (Å²) in [5.74, 6) is 1.18. The first-order valence-electron chi connectivity index (χ1n) is 11.1. The van der Waals surface area contributed by atoms with Crippen LogP contribution in [0.1, 0.15) is 89.9 Å². The van der Waals surface area contributed by atoms with Crippen LogP contribution >= 0.6 is 12.2 Å². The van der Waals surface area contributed by atoms with Gasteiger partial charge in [-0.25, -0.2) is 0 Å². The fraction of sp³-hybridized carbons (Fsp3) is 0.905. The van der Waals surface area contributed by atoms with Crippen LogP contribution in [0.15, 0.2) is 0 Å². The van der Waals surface area contributed by atoms with Crippen LogP contribution in [0.25, 0.3) is 0 Å². The number of fused-ring (bicyclic) bond motifs is 1. The fourth-order valence-electron chi connectivity index (χ4n) is 5.16. The number of unbranched alkanes of at least 4 members (excludes halogenated alkanes) is 1. The van der Waals surface area contributed by atoms with E-state index in [1.165, 1.54) is 70.6 Å². The predicted molar refractivity (Wildman–Crippen MR) is 111 cm³/mol. The van der Waals surface area contributed by atoms with Crippen LogP contribution in [0.5, 0.6) is 0 Å². The van der Waals surface area contributed by atoms with Gasteiger partial charge in [0.15, 0.2) is 5.11 Å². The Kier molecular flexibility index (Phi) is 8.03. The minimum absolute atomic E-state index is 0.393. The van der Waals surface area contributed by atoms with Crippen molar-refractivity contribution in [2.75, 3.05) is 13.1 Å². The van der Waals surface area contributed by atoms with Crippen molar-refractivity contribution < 1.29 is 4.79 Å². The van der Waals surface area contributed by atoms with Crippen molar-refractivity contribution >= 4 is 23.2 Å². The van der Waals surface area contributed by atoms with Crippen LogP contribution in [-0.2, 0) is 4.79 Å². The van der Waals surface area contributed by atoms with E-state index in [0.717, 1.165) is 37.0 Å². The van der Waals surface area contributed by atoms with Crippen molar-refractivity contribution in [2.45, 2.75) is 102 Å².